The molecule has 5 heteroatoms. The number of hydrogen-bond acceptors (Lipinski definition) is 3. The number of imidazole rings is 1. The van der Waals surface area contributed by atoms with E-state index in [1.165, 1.54) is 0 Å². The monoisotopic (exact) mass is 251 g/mol. The Labute approximate surface area is 105 Å². The van der Waals surface area contributed by atoms with Crippen molar-refractivity contribution in [3.63, 3.8) is 0 Å². The molecule has 1 aliphatic rings. The summed E-state index contributed by atoms with van der Waals surface area (Å²) in [6.07, 6.45) is 2.79. The van der Waals surface area contributed by atoms with Crippen molar-refractivity contribution in [2.45, 2.75) is 24.8 Å². The highest BCUT2D eigenvalue weighted by Gasteiger charge is 2.25. The molecule has 1 aliphatic heterocycles. The minimum absolute atomic E-state index is 0.121. The SMILES string of the molecule is CC(Cl)c1nc2cccnc2n1C1CCOC1. The van der Waals surface area contributed by atoms with Crippen molar-refractivity contribution in [2.24, 2.45) is 0 Å². The lowest BCUT2D eigenvalue weighted by molar-refractivity contribution is 0.186. The summed E-state index contributed by atoms with van der Waals surface area (Å²) < 4.78 is 7.58. The van der Waals surface area contributed by atoms with Crippen molar-refractivity contribution >= 4 is 22.8 Å². The molecule has 0 aromatic carbocycles. The molecule has 0 amide bonds. The molecular formula is C12H14ClN3O. The van der Waals surface area contributed by atoms with Crippen molar-refractivity contribution in [3.05, 3.63) is 24.2 Å². The number of pyridine rings is 1. The summed E-state index contributed by atoms with van der Waals surface area (Å²) >= 11 is 6.21. The van der Waals surface area contributed by atoms with Crippen LogP contribution in [0.4, 0.5) is 0 Å². The fourth-order valence-electron chi connectivity index (χ4n) is 2.31. The summed E-state index contributed by atoms with van der Waals surface area (Å²) in [5.74, 6) is 0.885. The first-order valence-corrected chi connectivity index (χ1v) is 6.25. The van der Waals surface area contributed by atoms with E-state index in [2.05, 4.69) is 14.5 Å². The number of hydrogen-bond donors (Lipinski definition) is 0. The van der Waals surface area contributed by atoms with Gasteiger partial charge >= 0.3 is 0 Å². The minimum atomic E-state index is -0.121. The Morgan fingerprint density at radius 2 is 2.47 bits per heavy atom. The van der Waals surface area contributed by atoms with Gasteiger partial charge in [0, 0.05) is 12.8 Å². The van der Waals surface area contributed by atoms with Crippen LogP contribution in [0.2, 0.25) is 0 Å². The van der Waals surface area contributed by atoms with Gasteiger partial charge in [-0.05, 0) is 25.5 Å². The van der Waals surface area contributed by atoms with Crippen LogP contribution in [0.5, 0.6) is 0 Å². The van der Waals surface area contributed by atoms with Gasteiger partial charge in [0.05, 0.1) is 18.0 Å². The third kappa shape index (κ3) is 1.81. The van der Waals surface area contributed by atoms with Crippen molar-refractivity contribution < 1.29 is 4.74 Å². The maximum absolute atomic E-state index is 6.21. The van der Waals surface area contributed by atoms with Gasteiger partial charge in [-0.2, -0.15) is 0 Å². The van der Waals surface area contributed by atoms with Gasteiger partial charge in [0.1, 0.15) is 11.3 Å². The van der Waals surface area contributed by atoms with Crippen LogP contribution in [0.3, 0.4) is 0 Å². The Kier molecular flexibility index (Phi) is 2.76. The normalized spacial score (nSPS) is 22.1. The van der Waals surface area contributed by atoms with Crippen molar-refractivity contribution in [1.29, 1.82) is 0 Å². The highest BCUT2D eigenvalue weighted by molar-refractivity contribution is 6.20. The first-order chi connectivity index (χ1) is 8.27. The largest absolute Gasteiger partial charge is 0.379 e. The molecule has 17 heavy (non-hydrogen) atoms. The molecule has 3 heterocycles. The molecule has 0 spiro atoms. The minimum Gasteiger partial charge on any atom is -0.379 e. The van der Waals surface area contributed by atoms with E-state index in [1.54, 1.807) is 6.20 Å². The van der Waals surface area contributed by atoms with Crippen LogP contribution in [0, 0.1) is 0 Å². The third-order valence-electron chi connectivity index (χ3n) is 3.10. The molecule has 2 aromatic heterocycles. The van der Waals surface area contributed by atoms with Crippen LogP contribution >= 0.6 is 11.6 Å². The summed E-state index contributed by atoms with van der Waals surface area (Å²) in [5.41, 5.74) is 1.81. The first-order valence-electron chi connectivity index (χ1n) is 5.82. The van der Waals surface area contributed by atoms with Gasteiger partial charge < -0.3 is 9.30 Å². The Balaban J connectivity index is 2.20. The average Bonchev–Trinajstić information content (AvgIpc) is 2.94. The van der Waals surface area contributed by atoms with E-state index in [0.717, 1.165) is 36.6 Å². The van der Waals surface area contributed by atoms with E-state index in [-0.39, 0.29) is 5.38 Å². The molecule has 0 aliphatic carbocycles. The van der Waals surface area contributed by atoms with E-state index < -0.39 is 0 Å². The molecule has 2 aromatic rings. The summed E-state index contributed by atoms with van der Waals surface area (Å²) in [4.78, 5) is 8.98. The van der Waals surface area contributed by atoms with Gasteiger partial charge in [0.2, 0.25) is 0 Å². The Morgan fingerprint density at radius 1 is 1.59 bits per heavy atom. The standard InChI is InChI=1S/C12H14ClN3O/c1-8(13)11-15-10-3-2-5-14-12(10)16(11)9-4-6-17-7-9/h2-3,5,8-9H,4,6-7H2,1H3. The second-order valence-corrected chi connectivity index (χ2v) is 4.97. The van der Waals surface area contributed by atoms with Crippen LogP contribution in [0.1, 0.15) is 30.6 Å². The van der Waals surface area contributed by atoms with Gasteiger partial charge in [-0.15, -0.1) is 11.6 Å². The molecule has 2 atom stereocenters. The number of aromatic nitrogens is 3. The van der Waals surface area contributed by atoms with E-state index in [9.17, 15) is 0 Å². The van der Waals surface area contributed by atoms with Gasteiger partial charge in [0.25, 0.3) is 0 Å². The maximum atomic E-state index is 6.21. The number of rotatable bonds is 2. The Hall–Kier alpha value is -1.13. The highest BCUT2D eigenvalue weighted by Crippen LogP contribution is 2.30. The Bertz CT molecular complexity index is 532. The summed E-state index contributed by atoms with van der Waals surface area (Å²) in [7, 11) is 0. The van der Waals surface area contributed by atoms with Crippen LogP contribution in [0.25, 0.3) is 11.2 Å². The second-order valence-electron chi connectivity index (χ2n) is 4.32. The smallest absolute Gasteiger partial charge is 0.160 e. The number of ether oxygens (including phenoxy) is 1. The molecule has 0 bridgehead atoms. The van der Waals surface area contributed by atoms with Gasteiger partial charge in [0.15, 0.2) is 5.65 Å². The molecule has 4 nitrogen and oxygen atoms in total. The fourth-order valence-corrected chi connectivity index (χ4v) is 2.47. The molecule has 0 saturated carbocycles. The lowest BCUT2D eigenvalue weighted by atomic mass is 10.2. The zero-order chi connectivity index (χ0) is 11.8. The molecule has 0 N–H and O–H groups in total. The summed E-state index contributed by atoms with van der Waals surface area (Å²) in [5, 5.41) is -0.121. The van der Waals surface area contributed by atoms with E-state index >= 15 is 0 Å². The van der Waals surface area contributed by atoms with E-state index in [1.807, 2.05) is 19.1 Å². The molecule has 2 unspecified atom stereocenters. The van der Waals surface area contributed by atoms with Crippen molar-refractivity contribution in [2.75, 3.05) is 13.2 Å². The summed E-state index contributed by atoms with van der Waals surface area (Å²) in [6, 6.07) is 4.18. The molecule has 1 saturated heterocycles. The number of nitrogens with zero attached hydrogens (tertiary/aromatic N) is 3. The molecule has 90 valence electrons. The lowest BCUT2D eigenvalue weighted by Crippen LogP contribution is -2.13. The van der Waals surface area contributed by atoms with Gasteiger partial charge in [-0.1, -0.05) is 0 Å². The van der Waals surface area contributed by atoms with Crippen molar-refractivity contribution in [3.8, 4) is 0 Å². The van der Waals surface area contributed by atoms with E-state index in [4.69, 9.17) is 16.3 Å². The molecule has 3 rings (SSSR count). The molecule has 1 fully saturated rings. The van der Waals surface area contributed by atoms with Gasteiger partial charge in [-0.3, -0.25) is 0 Å². The number of halogens is 1. The van der Waals surface area contributed by atoms with Crippen molar-refractivity contribution in [1.82, 2.24) is 14.5 Å². The lowest BCUT2D eigenvalue weighted by Gasteiger charge is -2.15. The predicted molar refractivity (Wildman–Crippen MR) is 66.3 cm³/mol. The Morgan fingerprint density at radius 3 is 3.18 bits per heavy atom. The molecular weight excluding hydrogens is 238 g/mol. The van der Waals surface area contributed by atoms with Crippen LogP contribution in [-0.4, -0.2) is 27.7 Å². The van der Waals surface area contributed by atoms with Gasteiger partial charge in [-0.25, -0.2) is 9.97 Å². The maximum Gasteiger partial charge on any atom is 0.160 e. The fraction of sp³-hybridized carbons (Fsp3) is 0.500. The number of fused-ring (bicyclic) bond motifs is 1. The highest BCUT2D eigenvalue weighted by atomic mass is 35.5. The average molecular weight is 252 g/mol. The van der Waals surface area contributed by atoms with E-state index in [0.29, 0.717) is 6.04 Å². The van der Waals surface area contributed by atoms with Crippen LogP contribution < -0.4 is 0 Å². The van der Waals surface area contributed by atoms with Crippen LogP contribution in [0.15, 0.2) is 18.3 Å². The second kappa shape index (κ2) is 4.27. The zero-order valence-electron chi connectivity index (χ0n) is 9.64. The third-order valence-corrected chi connectivity index (χ3v) is 3.30. The quantitative estimate of drug-likeness (QED) is 0.771. The van der Waals surface area contributed by atoms with Crippen LogP contribution in [-0.2, 0) is 4.74 Å². The zero-order valence-corrected chi connectivity index (χ0v) is 10.4. The number of alkyl halides is 1. The predicted octanol–water partition coefficient (Wildman–Crippen LogP) is 2.69. The molecule has 0 radical (unpaired) electrons. The first kappa shape index (κ1) is 11.0. The summed E-state index contributed by atoms with van der Waals surface area (Å²) in [6.45, 7) is 3.46. The topological polar surface area (TPSA) is 39.9 Å².